The number of hydrogen-bond donors (Lipinski definition) is 0. The van der Waals surface area contributed by atoms with Crippen molar-refractivity contribution in [3.8, 4) is 17.3 Å². The van der Waals surface area contributed by atoms with Gasteiger partial charge in [-0.15, -0.1) is 11.3 Å². The zero-order chi connectivity index (χ0) is 20.9. The van der Waals surface area contributed by atoms with E-state index in [0.29, 0.717) is 5.01 Å². The lowest BCUT2D eigenvalue weighted by molar-refractivity contribution is -0.120. The number of halogens is 1. The Morgan fingerprint density at radius 2 is 1.80 bits per heavy atom. The van der Waals surface area contributed by atoms with Gasteiger partial charge in [-0.2, -0.15) is 5.26 Å². The van der Waals surface area contributed by atoms with E-state index in [4.69, 9.17) is 0 Å². The molecule has 1 atom stereocenters. The van der Waals surface area contributed by atoms with Gasteiger partial charge in [-0.05, 0) is 24.3 Å². The van der Waals surface area contributed by atoms with E-state index in [1.165, 1.54) is 17.0 Å². The second kappa shape index (κ2) is 9.52. The van der Waals surface area contributed by atoms with E-state index in [1.807, 2.05) is 47.8 Å². The number of thiazole rings is 1. The number of aromatic nitrogens is 1. The van der Waals surface area contributed by atoms with Crippen molar-refractivity contribution in [3.63, 3.8) is 0 Å². The van der Waals surface area contributed by atoms with Crippen LogP contribution < -0.4 is 4.90 Å². The molecule has 152 valence electrons. The van der Waals surface area contributed by atoms with Crippen LogP contribution in [-0.4, -0.2) is 48.4 Å². The third-order valence-corrected chi connectivity index (χ3v) is 6.67. The summed E-state index contributed by atoms with van der Waals surface area (Å²) in [7, 11) is 0. The number of nitrogens with zero attached hydrogens (tertiary/aromatic N) is 4. The van der Waals surface area contributed by atoms with Crippen molar-refractivity contribution in [1.29, 1.82) is 5.26 Å². The number of para-hydroxylation sites is 1. The largest absolute Gasteiger partial charge is 0.369 e. The third-order valence-electron chi connectivity index (χ3n) is 5.23. The summed E-state index contributed by atoms with van der Waals surface area (Å²) in [5.74, 6) is -0.895. The van der Waals surface area contributed by atoms with Crippen LogP contribution in [0.5, 0.6) is 0 Å². The first-order valence-corrected chi connectivity index (χ1v) is 11.5. The zero-order valence-electron chi connectivity index (χ0n) is 16.4. The van der Waals surface area contributed by atoms with E-state index in [2.05, 4.69) is 48.9 Å². The monoisotopic (exact) mass is 480 g/mol. The number of Topliss-reactive ketones (excluding diaryl/α,β-unsaturated/α-hetero) is 1. The van der Waals surface area contributed by atoms with E-state index in [1.54, 1.807) is 0 Å². The van der Waals surface area contributed by atoms with Crippen LogP contribution in [-0.2, 0) is 4.79 Å². The molecule has 5 nitrogen and oxygen atoms in total. The number of ketones is 1. The van der Waals surface area contributed by atoms with Gasteiger partial charge in [0.15, 0.2) is 11.7 Å². The summed E-state index contributed by atoms with van der Waals surface area (Å²) < 4.78 is 0.999. The number of piperazine rings is 1. The Bertz CT molecular complexity index is 1040. The summed E-state index contributed by atoms with van der Waals surface area (Å²) in [5, 5.41) is 12.1. The Hall–Kier alpha value is -2.53. The molecule has 0 radical (unpaired) electrons. The predicted molar refractivity (Wildman–Crippen MR) is 124 cm³/mol. The van der Waals surface area contributed by atoms with Gasteiger partial charge >= 0.3 is 0 Å². The second-order valence-electron chi connectivity index (χ2n) is 7.21. The van der Waals surface area contributed by atoms with E-state index in [9.17, 15) is 10.1 Å². The first-order valence-electron chi connectivity index (χ1n) is 9.80. The van der Waals surface area contributed by atoms with Crippen molar-refractivity contribution in [2.24, 2.45) is 0 Å². The number of rotatable bonds is 6. The number of anilines is 1. The lowest BCUT2D eigenvalue weighted by Gasteiger charge is -2.35. The lowest BCUT2D eigenvalue weighted by Crippen LogP contribution is -2.48. The Kier molecular flexibility index (Phi) is 6.58. The minimum atomic E-state index is -0.814. The first kappa shape index (κ1) is 20.7. The van der Waals surface area contributed by atoms with Crippen molar-refractivity contribution in [3.05, 3.63) is 69.5 Å². The van der Waals surface area contributed by atoms with Crippen LogP contribution in [0.4, 0.5) is 5.69 Å². The van der Waals surface area contributed by atoms with Gasteiger partial charge < -0.3 is 4.90 Å². The molecule has 1 aliphatic heterocycles. The standard InChI is InChI=1S/C23H21BrN4OS/c24-18-8-6-17(7-9-18)21-16-30-23(26-21)20(14-25)22(29)15-27-10-12-28(13-11-27)19-4-2-1-3-5-19/h1-9,16,20H,10-13,15H2/t20-/m0/s1. The zero-order valence-corrected chi connectivity index (χ0v) is 18.8. The van der Waals surface area contributed by atoms with Crippen molar-refractivity contribution in [2.45, 2.75) is 5.92 Å². The molecule has 7 heteroatoms. The van der Waals surface area contributed by atoms with Crippen LogP contribution in [0.3, 0.4) is 0 Å². The maximum atomic E-state index is 12.9. The molecule has 0 amide bonds. The van der Waals surface area contributed by atoms with Crippen molar-refractivity contribution in [1.82, 2.24) is 9.88 Å². The van der Waals surface area contributed by atoms with E-state index in [0.717, 1.165) is 41.9 Å². The van der Waals surface area contributed by atoms with Crippen LogP contribution in [0.15, 0.2) is 64.5 Å². The summed E-state index contributed by atoms with van der Waals surface area (Å²) in [5.41, 5.74) is 2.98. The summed E-state index contributed by atoms with van der Waals surface area (Å²) in [6, 6.07) is 20.3. The maximum Gasteiger partial charge on any atom is 0.170 e. The maximum absolute atomic E-state index is 12.9. The summed E-state index contributed by atoms with van der Waals surface area (Å²) in [6.45, 7) is 3.65. The van der Waals surface area contributed by atoms with E-state index >= 15 is 0 Å². The Balaban J connectivity index is 1.37. The minimum Gasteiger partial charge on any atom is -0.369 e. The number of carbonyl (C=O) groups excluding carboxylic acids is 1. The Labute approximate surface area is 188 Å². The fraction of sp³-hybridized carbons (Fsp3) is 0.261. The van der Waals surface area contributed by atoms with Gasteiger partial charge in [0, 0.05) is 47.3 Å². The molecule has 0 unspecified atom stereocenters. The van der Waals surface area contributed by atoms with Crippen LogP contribution in [0.1, 0.15) is 10.9 Å². The molecular formula is C23H21BrN4OS. The summed E-state index contributed by atoms with van der Waals surface area (Å²) in [4.78, 5) is 21.9. The van der Waals surface area contributed by atoms with Gasteiger partial charge in [0.1, 0.15) is 5.01 Å². The highest BCUT2D eigenvalue weighted by atomic mass is 79.9. The third kappa shape index (κ3) is 4.78. The van der Waals surface area contributed by atoms with Gasteiger partial charge in [-0.3, -0.25) is 9.69 Å². The highest BCUT2D eigenvalue weighted by Gasteiger charge is 2.27. The average molecular weight is 481 g/mol. The van der Waals surface area contributed by atoms with Crippen molar-refractivity contribution >= 4 is 38.7 Å². The minimum absolute atomic E-state index is 0.0811. The average Bonchev–Trinajstić information content (AvgIpc) is 3.26. The molecule has 1 fully saturated rings. The first-order chi connectivity index (χ1) is 14.6. The fourth-order valence-electron chi connectivity index (χ4n) is 3.55. The van der Waals surface area contributed by atoms with Gasteiger partial charge in [0.25, 0.3) is 0 Å². The van der Waals surface area contributed by atoms with Crippen LogP contribution >= 0.6 is 27.3 Å². The molecule has 4 rings (SSSR count). The van der Waals surface area contributed by atoms with Gasteiger partial charge in [0.05, 0.1) is 18.3 Å². The van der Waals surface area contributed by atoms with Crippen molar-refractivity contribution in [2.75, 3.05) is 37.6 Å². The fourth-order valence-corrected chi connectivity index (χ4v) is 4.71. The molecule has 3 aromatic rings. The lowest BCUT2D eigenvalue weighted by atomic mass is 10.1. The molecule has 1 saturated heterocycles. The highest BCUT2D eigenvalue weighted by Crippen LogP contribution is 2.28. The molecule has 0 bridgehead atoms. The topological polar surface area (TPSA) is 60.2 Å². The van der Waals surface area contributed by atoms with E-state index < -0.39 is 5.92 Å². The molecule has 0 saturated carbocycles. The molecule has 0 aliphatic carbocycles. The predicted octanol–water partition coefficient (Wildman–Crippen LogP) is 4.57. The van der Waals surface area contributed by atoms with E-state index in [-0.39, 0.29) is 12.3 Å². The summed E-state index contributed by atoms with van der Waals surface area (Å²) >= 11 is 4.80. The SMILES string of the molecule is N#C[C@@H](C(=O)CN1CCN(c2ccccc2)CC1)c1nc(-c2ccc(Br)cc2)cs1. The van der Waals surface area contributed by atoms with Crippen LogP contribution in [0.2, 0.25) is 0 Å². The van der Waals surface area contributed by atoms with Crippen LogP contribution in [0.25, 0.3) is 11.3 Å². The Morgan fingerprint density at radius 3 is 2.47 bits per heavy atom. The quantitative estimate of drug-likeness (QED) is 0.516. The second-order valence-corrected chi connectivity index (χ2v) is 9.01. The molecule has 2 aromatic carbocycles. The van der Waals surface area contributed by atoms with Gasteiger partial charge in [-0.1, -0.05) is 46.3 Å². The number of hydrogen-bond acceptors (Lipinski definition) is 6. The van der Waals surface area contributed by atoms with Crippen LogP contribution in [0, 0.1) is 11.3 Å². The molecular weight excluding hydrogens is 460 g/mol. The highest BCUT2D eigenvalue weighted by molar-refractivity contribution is 9.10. The molecule has 0 spiro atoms. The van der Waals surface area contributed by atoms with Gasteiger partial charge in [0.2, 0.25) is 0 Å². The molecule has 30 heavy (non-hydrogen) atoms. The molecule has 1 aliphatic rings. The summed E-state index contributed by atoms with van der Waals surface area (Å²) in [6.07, 6.45) is 0. The molecule has 1 aromatic heterocycles. The molecule has 2 heterocycles. The molecule has 0 N–H and O–H groups in total. The van der Waals surface area contributed by atoms with Gasteiger partial charge in [-0.25, -0.2) is 4.98 Å². The number of benzene rings is 2. The smallest absolute Gasteiger partial charge is 0.170 e. The normalized spacial score (nSPS) is 15.5. The number of nitriles is 1. The Morgan fingerprint density at radius 1 is 1.10 bits per heavy atom. The van der Waals surface area contributed by atoms with Crippen molar-refractivity contribution < 1.29 is 4.79 Å². The number of carbonyl (C=O) groups is 1.